The van der Waals surface area contributed by atoms with Crippen LogP contribution in [0.3, 0.4) is 0 Å². The third-order valence-electron chi connectivity index (χ3n) is 2.26. The van der Waals surface area contributed by atoms with Gasteiger partial charge >= 0.3 is 0 Å². The van der Waals surface area contributed by atoms with Crippen molar-refractivity contribution in [3.63, 3.8) is 0 Å². The van der Waals surface area contributed by atoms with E-state index in [0.717, 1.165) is 11.3 Å². The molecule has 0 fully saturated rings. The van der Waals surface area contributed by atoms with Crippen molar-refractivity contribution in [3.8, 4) is 0 Å². The van der Waals surface area contributed by atoms with Crippen molar-refractivity contribution < 1.29 is 9.63 Å². The smallest absolute Gasteiger partial charge is 0.139 e. The lowest BCUT2D eigenvalue weighted by molar-refractivity contribution is 0.0510. The van der Waals surface area contributed by atoms with Gasteiger partial charge in [-0.15, -0.1) is 0 Å². The molecular formula is C9H15NO2. The van der Waals surface area contributed by atoms with E-state index in [9.17, 15) is 5.11 Å². The molecule has 0 saturated heterocycles. The number of nitrogens with zero attached hydrogens (tertiary/aromatic N) is 1. The molecule has 3 heteroatoms. The lowest BCUT2D eigenvalue weighted by Crippen LogP contribution is -2.21. The van der Waals surface area contributed by atoms with Crippen molar-refractivity contribution >= 4 is 0 Å². The maximum Gasteiger partial charge on any atom is 0.139 e. The summed E-state index contributed by atoms with van der Waals surface area (Å²) >= 11 is 0. The molecule has 1 heterocycles. The molecule has 1 atom stereocenters. The third kappa shape index (κ3) is 1.37. The summed E-state index contributed by atoms with van der Waals surface area (Å²) in [5, 5.41) is 13.7. The molecule has 1 N–H and O–H groups in total. The Bertz CT molecular complexity index is 257. The van der Waals surface area contributed by atoms with E-state index < -0.39 is 5.60 Å². The Labute approximate surface area is 72.4 Å². The monoisotopic (exact) mass is 169 g/mol. The summed E-state index contributed by atoms with van der Waals surface area (Å²) in [5.74, 6) is 0.708. The topological polar surface area (TPSA) is 46.3 Å². The third-order valence-corrected chi connectivity index (χ3v) is 2.26. The van der Waals surface area contributed by atoms with Gasteiger partial charge in [-0.3, -0.25) is 0 Å². The molecule has 1 aromatic rings. The summed E-state index contributed by atoms with van der Waals surface area (Å²) in [6.45, 7) is 7.38. The van der Waals surface area contributed by atoms with Crippen molar-refractivity contribution in [2.45, 2.75) is 39.7 Å². The number of aryl methyl sites for hydroxylation is 2. The van der Waals surface area contributed by atoms with Crippen LogP contribution in [0.1, 0.15) is 37.3 Å². The molecule has 0 radical (unpaired) electrons. The van der Waals surface area contributed by atoms with Crippen molar-refractivity contribution in [2.24, 2.45) is 0 Å². The van der Waals surface area contributed by atoms with Crippen molar-refractivity contribution in [3.05, 3.63) is 17.0 Å². The maximum absolute atomic E-state index is 9.95. The van der Waals surface area contributed by atoms with Crippen LogP contribution in [0.15, 0.2) is 4.52 Å². The number of aliphatic hydroxyl groups is 1. The summed E-state index contributed by atoms with van der Waals surface area (Å²) in [7, 11) is 0. The lowest BCUT2D eigenvalue weighted by Gasteiger charge is -2.20. The Morgan fingerprint density at radius 2 is 2.08 bits per heavy atom. The minimum Gasteiger partial charge on any atom is -0.385 e. The van der Waals surface area contributed by atoms with Crippen molar-refractivity contribution in [1.82, 2.24) is 5.16 Å². The Morgan fingerprint density at radius 3 is 2.42 bits per heavy atom. The van der Waals surface area contributed by atoms with Gasteiger partial charge in [0, 0.05) is 5.56 Å². The average Bonchev–Trinajstić information content (AvgIpc) is 2.31. The zero-order valence-corrected chi connectivity index (χ0v) is 8.01. The fourth-order valence-electron chi connectivity index (χ4n) is 1.43. The molecule has 0 saturated carbocycles. The van der Waals surface area contributed by atoms with Gasteiger partial charge in [-0.1, -0.05) is 12.1 Å². The highest BCUT2D eigenvalue weighted by Crippen LogP contribution is 2.29. The van der Waals surface area contributed by atoms with E-state index in [1.165, 1.54) is 0 Å². The van der Waals surface area contributed by atoms with E-state index in [-0.39, 0.29) is 0 Å². The summed E-state index contributed by atoms with van der Waals surface area (Å²) in [4.78, 5) is 0. The second kappa shape index (κ2) is 2.90. The van der Waals surface area contributed by atoms with Gasteiger partial charge in [0.05, 0.1) is 11.3 Å². The molecular weight excluding hydrogens is 154 g/mol. The standard InChI is InChI=1S/C9H15NO2/c1-5-9(4,11)8-6(2)10-12-7(8)3/h11H,5H2,1-4H3. The highest BCUT2D eigenvalue weighted by atomic mass is 16.5. The van der Waals surface area contributed by atoms with E-state index >= 15 is 0 Å². The van der Waals surface area contributed by atoms with Crippen LogP contribution in [-0.4, -0.2) is 10.3 Å². The molecule has 0 aromatic carbocycles. The second-order valence-electron chi connectivity index (χ2n) is 3.33. The molecule has 12 heavy (non-hydrogen) atoms. The molecule has 0 aliphatic heterocycles. The van der Waals surface area contributed by atoms with Crippen LogP contribution in [0.4, 0.5) is 0 Å². The first-order valence-electron chi connectivity index (χ1n) is 4.14. The molecule has 0 spiro atoms. The number of rotatable bonds is 2. The van der Waals surface area contributed by atoms with E-state index in [0.29, 0.717) is 12.2 Å². The van der Waals surface area contributed by atoms with E-state index in [4.69, 9.17) is 4.52 Å². The summed E-state index contributed by atoms with van der Waals surface area (Å²) in [6.07, 6.45) is 0.663. The molecule has 0 aliphatic carbocycles. The number of aromatic nitrogens is 1. The van der Waals surface area contributed by atoms with Gasteiger partial charge in [0.2, 0.25) is 0 Å². The van der Waals surface area contributed by atoms with Crippen molar-refractivity contribution in [1.29, 1.82) is 0 Å². The lowest BCUT2D eigenvalue weighted by atomic mass is 9.92. The molecule has 1 aromatic heterocycles. The SMILES string of the molecule is CCC(C)(O)c1c(C)noc1C. The normalized spacial score (nSPS) is 16.1. The first kappa shape index (κ1) is 9.26. The molecule has 0 amide bonds. The Balaban J connectivity index is 3.17. The van der Waals surface area contributed by atoms with Crippen LogP contribution in [0.5, 0.6) is 0 Å². The fourth-order valence-corrected chi connectivity index (χ4v) is 1.43. The Hall–Kier alpha value is -0.830. The zero-order chi connectivity index (χ0) is 9.35. The highest BCUT2D eigenvalue weighted by Gasteiger charge is 2.27. The molecule has 1 rings (SSSR count). The first-order valence-corrected chi connectivity index (χ1v) is 4.14. The van der Waals surface area contributed by atoms with Gasteiger partial charge in [-0.25, -0.2) is 0 Å². The first-order chi connectivity index (χ1) is 5.49. The molecule has 68 valence electrons. The fraction of sp³-hybridized carbons (Fsp3) is 0.667. The number of hydrogen-bond donors (Lipinski definition) is 1. The van der Waals surface area contributed by atoms with Crippen LogP contribution in [0, 0.1) is 13.8 Å². The minimum absolute atomic E-state index is 0.663. The second-order valence-corrected chi connectivity index (χ2v) is 3.33. The predicted octanol–water partition coefficient (Wildman–Crippen LogP) is 1.91. The quantitative estimate of drug-likeness (QED) is 0.735. The molecule has 0 bridgehead atoms. The highest BCUT2D eigenvalue weighted by molar-refractivity contribution is 5.27. The van der Waals surface area contributed by atoms with E-state index in [2.05, 4.69) is 5.16 Å². The van der Waals surface area contributed by atoms with Crippen LogP contribution >= 0.6 is 0 Å². The molecule has 1 unspecified atom stereocenters. The maximum atomic E-state index is 9.95. The van der Waals surface area contributed by atoms with Gasteiger partial charge in [0.15, 0.2) is 0 Å². The van der Waals surface area contributed by atoms with Crippen LogP contribution < -0.4 is 0 Å². The van der Waals surface area contributed by atoms with Gasteiger partial charge < -0.3 is 9.63 Å². The summed E-state index contributed by atoms with van der Waals surface area (Å²) in [5.41, 5.74) is 0.790. The van der Waals surface area contributed by atoms with Gasteiger partial charge in [-0.05, 0) is 27.2 Å². The molecule has 3 nitrogen and oxygen atoms in total. The van der Waals surface area contributed by atoms with Crippen molar-refractivity contribution in [2.75, 3.05) is 0 Å². The van der Waals surface area contributed by atoms with Gasteiger partial charge in [0.25, 0.3) is 0 Å². The zero-order valence-electron chi connectivity index (χ0n) is 8.01. The van der Waals surface area contributed by atoms with Crippen LogP contribution in [-0.2, 0) is 5.60 Å². The van der Waals surface area contributed by atoms with Gasteiger partial charge in [-0.2, -0.15) is 0 Å². The average molecular weight is 169 g/mol. The van der Waals surface area contributed by atoms with Crippen LogP contribution in [0.2, 0.25) is 0 Å². The molecule has 0 aliphatic rings. The summed E-state index contributed by atoms with van der Waals surface area (Å²) < 4.78 is 4.97. The van der Waals surface area contributed by atoms with E-state index in [1.807, 2.05) is 20.8 Å². The largest absolute Gasteiger partial charge is 0.385 e. The summed E-state index contributed by atoms with van der Waals surface area (Å²) in [6, 6.07) is 0. The Kier molecular flexibility index (Phi) is 2.24. The van der Waals surface area contributed by atoms with Crippen LogP contribution in [0.25, 0.3) is 0 Å². The van der Waals surface area contributed by atoms with Gasteiger partial charge in [0.1, 0.15) is 5.76 Å². The predicted molar refractivity (Wildman–Crippen MR) is 45.8 cm³/mol. The minimum atomic E-state index is -0.811. The number of hydrogen-bond acceptors (Lipinski definition) is 3. The Morgan fingerprint density at radius 1 is 1.50 bits per heavy atom. The van der Waals surface area contributed by atoms with E-state index in [1.54, 1.807) is 6.92 Å².